The molecule has 0 fully saturated rings. The summed E-state index contributed by atoms with van der Waals surface area (Å²) in [5.74, 6) is -0.165. The summed E-state index contributed by atoms with van der Waals surface area (Å²) in [5, 5.41) is 3.92. The van der Waals surface area contributed by atoms with E-state index in [4.69, 9.17) is 23.2 Å². The first-order chi connectivity index (χ1) is 15.0. The summed E-state index contributed by atoms with van der Waals surface area (Å²) in [5.41, 5.74) is 5.49. The number of pyridine rings is 1. The number of imidazole rings is 1. The average Bonchev–Trinajstić information content (AvgIpc) is 3.27. The number of rotatable bonds is 6. The fourth-order valence-electron chi connectivity index (χ4n) is 3.36. The average molecular weight is 451 g/mol. The van der Waals surface area contributed by atoms with Crippen LogP contribution in [-0.4, -0.2) is 20.4 Å². The van der Waals surface area contributed by atoms with Gasteiger partial charge in [0.2, 0.25) is 0 Å². The van der Waals surface area contributed by atoms with Crippen molar-refractivity contribution in [3.05, 3.63) is 106 Å². The number of carbonyl (C=O) groups is 1. The van der Waals surface area contributed by atoms with Gasteiger partial charge in [-0.2, -0.15) is 0 Å². The third-order valence-corrected chi connectivity index (χ3v) is 5.71. The number of amides is 1. The number of benzene rings is 2. The maximum Gasteiger partial charge on any atom is 0.251 e. The first-order valence-electron chi connectivity index (χ1n) is 9.72. The van der Waals surface area contributed by atoms with E-state index in [-0.39, 0.29) is 5.91 Å². The third-order valence-electron chi connectivity index (χ3n) is 4.97. The van der Waals surface area contributed by atoms with Crippen LogP contribution in [0.5, 0.6) is 0 Å². The van der Waals surface area contributed by atoms with Gasteiger partial charge in [0.05, 0.1) is 16.4 Å². The Morgan fingerprint density at radius 3 is 2.61 bits per heavy atom. The normalized spacial score (nSPS) is 10.8. The van der Waals surface area contributed by atoms with Crippen molar-refractivity contribution in [3.63, 3.8) is 0 Å². The van der Waals surface area contributed by atoms with Crippen LogP contribution in [0.4, 0.5) is 0 Å². The van der Waals surface area contributed by atoms with Crippen LogP contribution >= 0.6 is 23.2 Å². The number of halogens is 2. The highest BCUT2D eigenvalue weighted by Gasteiger charge is 2.12. The van der Waals surface area contributed by atoms with Crippen LogP contribution in [0, 0.1) is 6.92 Å². The van der Waals surface area contributed by atoms with Crippen LogP contribution in [0.3, 0.4) is 0 Å². The van der Waals surface area contributed by atoms with E-state index in [1.807, 2.05) is 48.1 Å². The van der Waals surface area contributed by atoms with E-state index in [1.54, 1.807) is 30.9 Å². The molecule has 0 radical (unpaired) electrons. The van der Waals surface area contributed by atoms with E-state index in [0.717, 1.165) is 27.8 Å². The van der Waals surface area contributed by atoms with Gasteiger partial charge >= 0.3 is 0 Å². The summed E-state index contributed by atoms with van der Waals surface area (Å²) in [6.07, 6.45) is 8.97. The van der Waals surface area contributed by atoms with Crippen molar-refractivity contribution in [1.82, 2.24) is 19.9 Å². The van der Waals surface area contributed by atoms with Crippen molar-refractivity contribution in [3.8, 4) is 11.1 Å². The Balaban J connectivity index is 1.63. The minimum atomic E-state index is -0.165. The number of aromatic nitrogens is 3. The summed E-state index contributed by atoms with van der Waals surface area (Å²) >= 11 is 12.1. The highest BCUT2D eigenvalue weighted by molar-refractivity contribution is 6.42. The van der Waals surface area contributed by atoms with Gasteiger partial charge in [0.25, 0.3) is 5.91 Å². The second kappa shape index (κ2) is 9.33. The van der Waals surface area contributed by atoms with Gasteiger partial charge in [0.1, 0.15) is 0 Å². The zero-order valence-corrected chi connectivity index (χ0v) is 18.4. The third kappa shape index (κ3) is 5.13. The molecule has 7 heteroatoms. The van der Waals surface area contributed by atoms with Gasteiger partial charge in [0.15, 0.2) is 0 Å². The van der Waals surface area contributed by atoms with Crippen LogP contribution in [0.15, 0.2) is 73.6 Å². The highest BCUT2D eigenvalue weighted by Crippen LogP contribution is 2.26. The van der Waals surface area contributed by atoms with E-state index in [1.165, 1.54) is 0 Å². The molecule has 0 unspecified atom stereocenters. The van der Waals surface area contributed by atoms with E-state index < -0.39 is 0 Å². The number of carbonyl (C=O) groups excluding carboxylic acids is 1. The first-order valence-corrected chi connectivity index (χ1v) is 10.5. The van der Waals surface area contributed by atoms with Crippen molar-refractivity contribution in [2.24, 2.45) is 0 Å². The molecular formula is C24H20Cl2N4O. The zero-order valence-electron chi connectivity index (χ0n) is 16.8. The molecule has 2 heterocycles. The van der Waals surface area contributed by atoms with E-state index >= 15 is 0 Å². The largest absolute Gasteiger partial charge is 0.348 e. The molecule has 5 nitrogen and oxygen atoms in total. The molecule has 1 amide bonds. The summed E-state index contributed by atoms with van der Waals surface area (Å²) in [6.45, 7) is 2.99. The fourth-order valence-corrected chi connectivity index (χ4v) is 3.68. The monoisotopic (exact) mass is 450 g/mol. The zero-order chi connectivity index (χ0) is 21.8. The van der Waals surface area contributed by atoms with Gasteiger partial charge in [-0.15, -0.1) is 0 Å². The van der Waals surface area contributed by atoms with Crippen molar-refractivity contribution in [2.45, 2.75) is 20.0 Å². The topological polar surface area (TPSA) is 59.8 Å². The molecule has 0 aliphatic rings. The van der Waals surface area contributed by atoms with Gasteiger partial charge in [-0.05, 0) is 65.6 Å². The lowest BCUT2D eigenvalue weighted by atomic mass is 9.97. The van der Waals surface area contributed by atoms with Crippen molar-refractivity contribution < 1.29 is 4.79 Å². The first kappa shape index (κ1) is 21.1. The molecule has 0 aliphatic heterocycles. The smallest absolute Gasteiger partial charge is 0.251 e. The summed E-state index contributed by atoms with van der Waals surface area (Å²) in [7, 11) is 0. The number of aryl methyl sites for hydroxylation is 1. The lowest BCUT2D eigenvalue weighted by molar-refractivity contribution is 0.0951. The molecule has 2 aromatic carbocycles. The van der Waals surface area contributed by atoms with Gasteiger partial charge in [-0.25, -0.2) is 4.98 Å². The van der Waals surface area contributed by atoms with Gasteiger partial charge in [-0.1, -0.05) is 29.3 Å². The van der Waals surface area contributed by atoms with Crippen LogP contribution in [0.1, 0.15) is 27.0 Å². The Labute approximate surface area is 190 Å². The second-order valence-corrected chi connectivity index (χ2v) is 8.09. The molecule has 0 bridgehead atoms. The minimum Gasteiger partial charge on any atom is -0.348 e. The molecule has 0 saturated carbocycles. The van der Waals surface area contributed by atoms with Crippen LogP contribution in [0.2, 0.25) is 10.0 Å². The number of hydrogen-bond donors (Lipinski definition) is 1. The lowest BCUT2D eigenvalue weighted by Gasteiger charge is -2.13. The van der Waals surface area contributed by atoms with Crippen LogP contribution < -0.4 is 5.32 Å². The van der Waals surface area contributed by atoms with Gasteiger partial charge in [0, 0.05) is 49.0 Å². The molecule has 1 N–H and O–H groups in total. The molecule has 31 heavy (non-hydrogen) atoms. The Morgan fingerprint density at radius 1 is 1.00 bits per heavy atom. The fraction of sp³-hybridized carbons (Fsp3) is 0.125. The Bertz CT molecular complexity index is 1220. The lowest BCUT2D eigenvalue weighted by Crippen LogP contribution is -2.23. The van der Waals surface area contributed by atoms with E-state index in [9.17, 15) is 4.79 Å². The molecule has 4 aromatic rings. The predicted molar refractivity (Wildman–Crippen MR) is 123 cm³/mol. The van der Waals surface area contributed by atoms with Gasteiger partial charge in [-0.3, -0.25) is 9.78 Å². The molecule has 0 aliphatic carbocycles. The SMILES string of the molecule is Cc1ccncc1-c1cc(Cn2ccnc2)cc(C(=O)NCc2ccc(Cl)c(Cl)c2)c1. The Hall–Kier alpha value is -3.15. The number of hydrogen-bond acceptors (Lipinski definition) is 3. The molecule has 0 spiro atoms. The minimum absolute atomic E-state index is 0.165. The van der Waals surface area contributed by atoms with Crippen LogP contribution in [0.25, 0.3) is 11.1 Å². The van der Waals surface area contributed by atoms with Crippen molar-refractivity contribution in [1.29, 1.82) is 0 Å². The van der Waals surface area contributed by atoms with E-state index in [0.29, 0.717) is 28.7 Å². The molecule has 0 saturated heterocycles. The quantitative estimate of drug-likeness (QED) is 0.419. The van der Waals surface area contributed by atoms with E-state index in [2.05, 4.69) is 21.4 Å². The summed E-state index contributed by atoms with van der Waals surface area (Å²) in [6, 6.07) is 13.2. The molecule has 156 valence electrons. The molecule has 2 aromatic heterocycles. The molecule has 4 rings (SSSR count). The highest BCUT2D eigenvalue weighted by atomic mass is 35.5. The Kier molecular flexibility index (Phi) is 6.35. The molecular weight excluding hydrogens is 431 g/mol. The van der Waals surface area contributed by atoms with Crippen molar-refractivity contribution in [2.75, 3.05) is 0 Å². The predicted octanol–water partition coefficient (Wildman–Crippen LogP) is 5.54. The number of nitrogens with zero attached hydrogens (tertiary/aromatic N) is 3. The number of nitrogens with one attached hydrogen (secondary N) is 1. The van der Waals surface area contributed by atoms with Crippen LogP contribution in [-0.2, 0) is 13.1 Å². The van der Waals surface area contributed by atoms with Gasteiger partial charge < -0.3 is 9.88 Å². The maximum absolute atomic E-state index is 13.0. The summed E-state index contributed by atoms with van der Waals surface area (Å²) in [4.78, 5) is 21.3. The van der Waals surface area contributed by atoms with Crippen molar-refractivity contribution >= 4 is 29.1 Å². The standard InChI is InChI=1S/C24H20Cl2N4O/c1-16-4-5-27-13-21(16)19-8-18(14-30-7-6-28-15-30)9-20(11-19)24(31)29-12-17-2-3-22(25)23(26)10-17/h2-11,13,15H,12,14H2,1H3,(H,29,31). The Morgan fingerprint density at radius 2 is 1.87 bits per heavy atom. The second-order valence-electron chi connectivity index (χ2n) is 7.28. The molecule has 0 atom stereocenters. The maximum atomic E-state index is 13.0. The summed E-state index contributed by atoms with van der Waals surface area (Å²) < 4.78 is 1.96.